The molecule has 0 aromatic heterocycles. The van der Waals surface area contributed by atoms with Crippen molar-refractivity contribution in [1.29, 1.82) is 0 Å². The van der Waals surface area contributed by atoms with Gasteiger partial charge in [0.1, 0.15) is 5.82 Å². The van der Waals surface area contributed by atoms with Gasteiger partial charge in [-0.15, -0.1) is 0 Å². The van der Waals surface area contributed by atoms with Crippen LogP contribution in [-0.4, -0.2) is 37.0 Å². The summed E-state index contributed by atoms with van der Waals surface area (Å²) in [7, 11) is 0. The molecule has 1 N–H and O–H groups in total. The molecule has 3 aromatic rings. The van der Waals surface area contributed by atoms with Crippen LogP contribution in [-0.2, 0) is 6.54 Å². The molecule has 0 radical (unpaired) electrons. The number of rotatable bonds is 5. The van der Waals surface area contributed by atoms with Crippen LogP contribution in [0.4, 0.5) is 15.8 Å². The Morgan fingerprint density at radius 3 is 2.17 bits per heavy atom. The lowest BCUT2D eigenvalue weighted by Gasteiger charge is -2.36. The average molecular weight is 389 g/mol. The molecule has 3 aromatic carbocycles. The molecule has 4 nitrogen and oxygen atoms in total. The number of amides is 1. The fraction of sp³-hybridized carbons (Fsp3) is 0.208. The van der Waals surface area contributed by atoms with E-state index in [-0.39, 0.29) is 11.7 Å². The number of nitrogens with one attached hydrogen (secondary N) is 1. The lowest BCUT2D eigenvalue weighted by molar-refractivity contribution is 0.102. The molecule has 0 aliphatic carbocycles. The zero-order valence-electron chi connectivity index (χ0n) is 16.2. The van der Waals surface area contributed by atoms with E-state index >= 15 is 0 Å². The minimum absolute atomic E-state index is 0.111. The SMILES string of the molecule is O=C(Nc1ccc(N2CCN(Cc3ccccc3F)CC2)cc1)c1ccccc1. The highest BCUT2D eigenvalue weighted by atomic mass is 19.1. The standard InChI is InChI=1S/C24H24FN3O/c25-23-9-5-4-8-20(23)18-27-14-16-28(17-15-27)22-12-10-21(11-13-22)26-24(29)19-6-2-1-3-7-19/h1-13H,14-18H2,(H,26,29). The summed E-state index contributed by atoms with van der Waals surface area (Å²) in [5, 5.41) is 2.93. The fourth-order valence-corrected chi connectivity index (χ4v) is 3.58. The van der Waals surface area contributed by atoms with Crippen molar-refractivity contribution in [3.63, 3.8) is 0 Å². The zero-order valence-corrected chi connectivity index (χ0v) is 16.2. The lowest BCUT2D eigenvalue weighted by Crippen LogP contribution is -2.46. The number of halogens is 1. The van der Waals surface area contributed by atoms with Crippen molar-refractivity contribution in [2.45, 2.75) is 6.54 Å². The summed E-state index contributed by atoms with van der Waals surface area (Å²) in [6, 6.07) is 24.1. The Morgan fingerprint density at radius 2 is 1.48 bits per heavy atom. The van der Waals surface area contributed by atoms with Crippen LogP contribution in [0.2, 0.25) is 0 Å². The molecular formula is C24H24FN3O. The minimum atomic E-state index is -0.136. The molecule has 0 bridgehead atoms. The van der Waals surface area contributed by atoms with Crippen LogP contribution in [0, 0.1) is 5.82 Å². The Hall–Kier alpha value is -3.18. The predicted molar refractivity (Wildman–Crippen MR) is 115 cm³/mol. The molecule has 1 saturated heterocycles. The summed E-state index contributed by atoms with van der Waals surface area (Å²) in [6.07, 6.45) is 0. The zero-order chi connectivity index (χ0) is 20.1. The Kier molecular flexibility index (Phi) is 5.86. The number of hydrogen-bond acceptors (Lipinski definition) is 3. The van der Waals surface area contributed by atoms with Gasteiger partial charge in [0.15, 0.2) is 0 Å². The smallest absolute Gasteiger partial charge is 0.255 e. The van der Waals surface area contributed by atoms with Gasteiger partial charge < -0.3 is 10.2 Å². The van der Waals surface area contributed by atoms with E-state index in [1.165, 1.54) is 6.07 Å². The summed E-state index contributed by atoms with van der Waals surface area (Å²) >= 11 is 0. The molecular weight excluding hydrogens is 365 g/mol. The maximum atomic E-state index is 13.9. The molecule has 1 fully saturated rings. The fourth-order valence-electron chi connectivity index (χ4n) is 3.58. The van der Waals surface area contributed by atoms with Gasteiger partial charge in [0.25, 0.3) is 5.91 Å². The van der Waals surface area contributed by atoms with Gasteiger partial charge >= 0.3 is 0 Å². The van der Waals surface area contributed by atoms with Crippen LogP contribution in [0.15, 0.2) is 78.9 Å². The first kappa shape index (κ1) is 19.2. The molecule has 4 rings (SSSR count). The van der Waals surface area contributed by atoms with E-state index in [0.717, 1.165) is 43.1 Å². The molecule has 1 aliphatic heterocycles. The van der Waals surface area contributed by atoms with Crippen molar-refractivity contribution in [3.05, 3.63) is 95.8 Å². The van der Waals surface area contributed by atoms with Crippen LogP contribution in [0.5, 0.6) is 0 Å². The lowest BCUT2D eigenvalue weighted by atomic mass is 10.1. The second-order valence-electron chi connectivity index (χ2n) is 7.22. The van der Waals surface area contributed by atoms with Crippen molar-refractivity contribution >= 4 is 17.3 Å². The first-order valence-corrected chi connectivity index (χ1v) is 9.86. The van der Waals surface area contributed by atoms with Gasteiger partial charge in [-0.3, -0.25) is 9.69 Å². The summed E-state index contributed by atoms with van der Waals surface area (Å²) in [5.74, 6) is -0.247. The maximum absolute atomic E-state index is 13.9. The van der Waals surface area contributed by atoms with E-state index in [1.54, 1.807) is 18.2 Å². The summed E-state index contributed by atoms with van der Waals surface area (Å²) in [6.45, 7) is 4.21. The quantitative estimate of drug-likeness (QED) is 0.703. The van der Waals surface area contributed by atoms with Crippen LogP contribution >= 0.6 is 0 Å². The normalized spacial score (nSPS) is 14.6. The van der Waals surface area contributed by atoms with E-state index in [4.69, 9.17) is 0 Å². The monoisotopic (exact) mass is 389 g/mol. The van der Waals surface area contributed by atoms with Gasteiger partial charge in [-0.25, -0.2) is 4.39 Å². The van der Waals surface area contributed by atoms with Crippen molar-refractivity contribution in [1.82, 2.24) is 4.90 Å². The summed E-state index contributed by atoms with van der Waals surface area (Å²) in [5.41, 5.74) is 3.30. The second-order valence-corrected chi connectivity index (χ2v) is 7.22. The van der Waals surface area contributed by atoms with E-state index in [2.05, 4.69) is 15.1 Å². The van der Waals surface area contributed by atoms with Crippen molar-refractivity contribution in [2.24, 2.45) is 0 Å². The Labute approximate surface area is 170 Å². The topological polar surface area (TPSA) is 35.6 Å². The van der Waals surface area contributed by atoms with Crippen molar-refractivity contribution in [3.8, 4) is 0 Å². The third-order valence-corrected chi connectivity index (χ3v) is 5.25. The summed E-state index contributed by atoms with van der Waals surface area (Å²) < 4.78 is 13.9. The highest BCUT2D eigenvalue weighted by Gasteiger charge is 2.18. The molecule has 5 heteroatoms. The Morgan fingerprint density at radius 1 is 0.828 bits per heavy atom. The van der Waals surface area contributed by atoms with Gasteiger partial charge in [-0.05, 0) is 42.5 Å². The Bertz CT molecular complexity index is 951. The Balaban J connectivity index is 1.31. The van der Waals surface area contributed by atoms with Gasteiger partial charge in [0.2, 0.25) is 0 Å². The van der Waals surface area contributed by atoms with Gasteiger partial charge in [-0.2, -0.15) is 0 Å². The molecule has 1 amide bonds. The van der Waals surface area contributed by atoms with Crippen LogP contribution in [0.1, 0.15) is 15.9 Å². The molecule has 0 spiro atoms. The highest BCUT2D eigenvalue weighted by Crippen LogP contribution is 2.21. The van der Waals surface area contributed by atoms with Crippen molar-refractivity contribution in [2.75, 3.05) is 36.4 Å². The molecule has 148 valence electrons. The first-order chi connectivity index (χ1) is 14.2. The number of piperazine rings is 1. The summed E-state index contributed by atoms with van der Waals surface area (Å²) in [4.78, 5) is 16.9. The third-order valence-electron chi connectivity index (χ3n) is 5.25. The number of nitrogens with zero attached hydrogens (tertiary/aromatic N) is 2. The van der Waals surface area contributed by atoms with Crippen LogP contribution in [0.3, 0.4) is 0 Å². The second kappa shape index (κ2) is 8.88. The molecule has 0 unspecified atom stereocenters. The van der Waals surface area contributed by atoms with Crippen LogP contribution < -0.4 is 10.2 Å². The molecule has 1 aliphatic rings. The van der Waals surface area contributed by atoms with Crippen LogP contribution in [0.25, 0.3) is 0 Å². The minimum Gasteiger partial charge on any atom is -0.369 e. The van der Waals surface area contributed by atoms with E-state index < -0.39 is 0 Å². The number of hydrogen-bond donors (Lipinski definition) is 1. The van der Waals surface area contributed by atoms with Gasteiger partial charge in [0, 0.05) is 55.2 Å². The maximum Gasteiger partial charge on any atom is 0.255 e. The molecule has 29 heavy (non-hydrogen) atoms. The van der Waals surface area contributed by atoms with Gasteiger partial charge in [-0.1, -0.05) is 36.4 Å². The van der Waals surface area contributed by atoms with Gasteiger partial charge in [0.05, 0.1) is 0 Å². The third kappa shape index (κ3) is 4.81. The molecule has 1 heterocycles. The molecule has 0 saturated carbocycles. The van der Waals surface area contributed by atoms with E-state index in [0.29, 0.717) is 12.1 Å². The predicted octanol–water partition coefficient (Wildman–Crippen LogP) is 4.40. The first-order valence-electron chi connectivity index (χ1n) is 9.86. The molecule has 0 atom stereocenters. The van der Waals surface area contributed by atoms with E-state index in [1.807, 2.05) is 54.6 Å². The van der Waals surface area contributed by atoms with E-state index in [9.17, 15) is 9.18 Å². The highest BCUT2D eigenvalue weighted by molar-refractivity contribution is 6.04. The number of anilines is 2. The van der Waals surface area contributed by atoms with Crippen molar-refractivity contribution < 1.29 is 9.18 Å². The number of carbonyl (C=O) groups is 1. The number of benzene rings is 3. The largest absolute Gasteiger partial charge is 0.369 e. The number of carbonyl (C=O) groups excluding carboxylic acids is 1. The average Bonchev–Trinajstić information content (AvgIpc) is 2.77.